The van der Waals surface area contributed by atoms with Crippen LogP contribution in [0, 0.1) is 0 Å². The molecule has 0 amide bonds. The van der Waals surface area contributed by atoms with Gasteiger partial charge in [0.2, 0.25) is 15.9 Å². The maximum absolute atomic E-state index is 13.2. The normalized spacial score (nSPS) is 11.4. The zero-order valence-electron chi connectivity index (χ0n) is 18.6. The summed E-state index contributed by atoms with van der Waals surface area (Å²) in [6.07, 6.45) is 1.40. The number of aromatic nitrogens is 1. The number of nitrogens with zero attached hydrogens (tertiary/aromatic N) is 2. The lowest BCUT2D eigenvalue weighted by Gasteiger charge is -2.14. The molecule has 0 aliphatic heterocycles. The molecule has 0 radical (unpaired) electrons. The van der Waals surface area contributed by atoms with Gasteiger partial charge in [-0.15, -0.1) is 0 Å². The predicted octanol–water partition coefficient (Wildman–Crippen LogP) is 3.91. The van der Waals surface area contributed by atoms with Crippen molar-refractivity contribution in [2.24, 2.45) is 10.1 Å². The monoisotopic (exact) mass is 507 g/mol. The van der Waals surface area contributed by atoms with Crippen molar-refractivity contribution in [2.45, 2.75) is 19.2 Å². The molecule has 36 heavy (non-hydrogen) atoms. The fraction of sp³-hybridized carbons (Fsp3) is 0.115. The molecule has 4 aromatic rings. The van der Waals surface area contributed by atoms with Crippen LogP contribution >= 0.6 is 0 Å². The summed E-state index contributed by atoms with van der Waals surface area (Å²) < 4.78 is 29.0. The highest BCUT2D eigenvalue weighted by Crippen LogP contribution is 2.27. The Kier molecular flexibility index (Phi) is 7.71. The molecule has 186 valence electrons. The molecule has 0 spiro atoms. The SMILES string of the molecule is C.CCOC(=O)c1ccc(-n2c(O)c(C=Nc3ccc(S(N)(=O)=O)cc3)c3ccccc3c2=O)cc1. The third kappa shape index (κ3) is 5.19. The van der Waals surface area contributed by atoms with Gasteiger partial charge in [0.1, 0.15) is 0 Å². The van der Waals surface area contributed by atoms with Crippen LogP contribution in [0.4, 0.5) is 5.69 Å². The number of benzene rings is 3. The lowest BCUT2D eigenvalue weighted by atomic mass is 10.1. The van der Waals surface area contributed by atoms with Crippen molar-refractivity contribution in [1.29, 1.82) is 0 Å². The second kappa shape index (κ2) is 10.5. The van der Waals surface area contributed by atoms with Crippen LogP contribution in [0.2, 0.25) is 0 Å². The first-order valence-electron chi connectivity index (χ1n) is 10.5. The van der Waals surface area contributed by atoms with Gasteiger partial charge in [-0.1, -0.05) is 25.6 Å². The van der Waals surface area contributed by atoms with Gasteiger partial charge in [0.15, 0.2) is 0 Å². The molecule has 10 heteroatoms. The van der Waals surface area contributed by atoms with Gasteiger partial charge >= 0.3 is 5.97 Å². The first kappa shape index (κ1) is 26.3. The van der Waals surface area contributed by atoms with Crippen LogP contribution in [-0.4, -0.2) is 36.9 Å². The van der Waals surface area contributed by atoms with E-state index in [1.165, 1.54) is 54.7 Å². The number of hydrogen-bond acceptors (Lipinski definition) is 7. The predicted molar refractivity (Wildman–Crippen MR) is 139 cm³/mol. The van der Waals surface area contributed by atoms with Gasteiger partial charge in [0.05, 0.1) is 34.0 Å². The molecule has 0 unspecified atom stereocenters. The highest BCUT2D eigenvalue weighted by Gasteiger charge is 2.17. The third-order valence-electron chi connectivity index (χ3n) is 5.25. The van der Waals surface area contributed by atoms with Gasteiger partial charge < -0.3 is 9.84 Å². The number of rotatable bonds is 6. The molecular formula is C26H25N3O6S. The Labute approximate surface area is 208 Å². The molecule has 4 rings (SSSR count). The van der Waals surface area contributed by atoms with Crippen molar-refractivity contribution in [2.75, 3.05) is 6.61 Å². The molecule has 0 aliphatic rings. The molecule has 0 bridgehead atoms. The van der Waals surface area contributed by atoms with E-state index in [1.54, 1.807) is 31.2 Å². The summed E-state index contributed by atoms with van der Waals surface area (Å²) in [5.41, 5.74) is 0.909. The average Bonchev–Trinajstić information content (AvgIpc) is 2.84. The van der Waals surface area contributed by atoms with Crippen molar-refractivity contribution in [3.8, 4) is 11.6 Å². The maximum atomic E-state index is 13.2. The second-order valence-corrected chi connectivity index (χ2v) is 9.05. The second-order valence-electron chi connectivity index (χ2n) is 7.49. The first-order chi connectivity index (χ1) is 16.7. The van der Waals surface area contributed by atoms with E-state index in [0.29, 0.717) is 27.7 Å². The van der Waals surface area contributed by atoms with Crippen molar-refractivity contribution < 1.29 is 23.1 Å². The molecule has 1 aromatic heterocycles. The van der Waals surface area contributed by atoms with Crippen molar-refractivity contribution in [1.82, 2.24) is 4.57 Å². The van der Waals surface area contributed by atoms with E-state index in [9.17, 15) is 23.1 Å². The minimum atomic E-state index is -3.83. The minimum absolute atomic E-state index is 0. The number of ether oxygens (including phenoxy) is 1. The average molecular weight is 508 g/mol. The van der Waals surface area contributed by atoms with Crippen LogP contribution in [0.15, 0.2) is 87.5 Å². The molecule has 0 aliphatic carbocycles. The number of aliphatic imine (C=N–C) groups is 1. The summed E-state index contributed by atoms with van der Waals surface area (Å²) in [6.45, 7) is 1.94. The summed E-state index contributed by atoms with van der Waals surface area (Å²) in [7, 11) is -3.83. The zero-order valence-corrected chi connectivity index (χ0v) is 19.4. The van der Waals surface area contributed by atoms with E-state index in [4.69, 9.17) is 9.88 Å². The molecule has 0 atom stereocenters. The summed E-state index contributed by atoms with van der Waals surface area (Å²) in [5.74, 6) is -0.835. The number of nitrogens with two attached hydrogens (primary N) is 1. The quantitative estimate of drug-likeness (QED) is 0.299. The van der Waals surface area contributed by atoms with Crippen LogP contribution in [-0.2, 0) is 14.8 Å². The van der Waals surface area contributed by atoms with E-state index >= 15 is 0 Å². The largest absolute Gasteiger partial charge is 0.494 e. The van der Waals surface area contributed by atoms with Gasteiger partial charge in [0, 0.05) is 17.0 Å². The number of esters is 1. The van der Waals surface area contributed by atoms with E-state index in [1.807, 2.05) is 0 Å². The van der Waals surface area contributed by atoms with E-state index in [2.05, 4.69) is 4.99 Å². The number of carbonyl (C=O) groups excluding carboxylic acids is 1. The molecule has 0 saturated carbocycles. The van der Waals surface area contributed by atoms with E-state index in [-0.39, 0.29) is 30.4 Å². The van der Waals surface area contributed by atoms with Crippen molar-refractivity contribution >= 4 is 38.7 Å². The number of carbonyl (C=O) groups is 1. The fourth-order valence-electron chi connectivity index (χ4n) is 3.55. The minimum Gasteiger partial charge on any atom is -0.494 e. The number of sulfonamides is 1. The number of primary sulfonamides is 1. The summed E-state index contributed by atoms with van der Waals surface area (Å²) in [4.78, 5) is 29.5. The fourth-order valence-corrected chi connectivity index (χ4v) is 4.07. The van der Waals surface area contributed by atoms with Crippen LogP contribution in [0.1, 0.15) is 30.3 Å². The Morgan fingerprint density at radius 1 is 1.03 bits per heavy atom. The molecule has 1 heterocycles. The molecule has 3 aromatic carbocycles. The van der Waals surface area contributed by atoms with Gasteiger partial charge in [-0.05, 0) is 61.5 Å². The molecule has 3 N–H and O–H groups in total. The summed E-state index contributed by atoms with van der Waals surface area (Å²) >= 11 is 0. The van der Waals surface area contributed by atoms with Gasteiger partial charge in [-0.25, -0.2) is 22.9 Å². The number of fused-ring (bicyclic) bond motifs is 1. The Balaban J connectivity index is 0.00000361. The van der Waals surface area contributed by atoms with Crippen LogP contribution in [0.5, 0.6) is 5.88 Å². The first-order valence-corrected chi connectivity index (χ1v) is 12.1. The maximum Gasteiger partial charge on any atom is 0.338 e. The topological polar surface area (TPSA) is 141 Å². The standard InChI is InChI=1S/C25H21N3O6S.CH4/c1-2-34-25(31)16-7-11-18(12-8-16)28-23(29)21-6-4-3-5-20(21)22(24(28)30)15-27-17-9-13-19(14-10-17)35(26,32)33;/h3-15,30H,2H2,1H3,(H2,26,32,33);1H4. The van der Waals surface area contributed by atoms with Crippen molar-refractivity contribution in [3.63, 3.8) is 0 Å². The molecule has 9 nitrogen and oxygen atoms in total. The van der Waals surface area contributed by atoms with Crippen LogP contribution in [0.25, 0.3) is 16.5 Å². The van der Waals surface area contributed by atoms with Crippen molar-refractivity contribution in [3.05, 3.63) is 94.3 Å². The third-order valence-corrected chi connectivity index (χ3v) is 6.18. The van der Waals surface area contributed by atoms with Crippen LogP contribution < -0.4 is 10.7 Å². The smallest absolute Gasteiger partial charge is 0.338 e. The van der Waals surface area contributed by atoms with Gasteiger partial charge in [0.25, 0.3) is 5.56 Å². The summed E-state index contributed by atoms with van der Waals surface area (Å²) in [6, 6.07) is 18.5. The Bertz CT molecular complexity index is 1610. The number of aromatic hydroxyl groups is 1. The van der Waals surface area contributed by atoms with Gasteiger partial charge in [-0.2, -0.15) is 0 Å². The Hall–Kier alpha value is -4.28. The van der Waals surface area contributed by atoms with E-state index in [0.717, 1.165) is 4.57 Å². The summed E-state index contributed by atoms with van der Waals surface area (Å²) in [5, 5.41) is 17.1. The highest BCUT2D eigenvalue weighted by molar-refractivity contribution is 7.89. The molecule has 0 fully saturated rings. The number of hydrogen-bond donors (Lipinski definition) is 2. The number of pyridine rings is 1. The molecular weight excluding hydrogens is 482 g/mol. The Morgan fingerprint density at radius 3 is 2.22 bits per heavy atom. The molecule has 0 saturated heterocycles. The highest BCUT2D eigenvalue weighted by atomic mass is 32.2. The van der Waals surface area contributed by atoms with Crippen LogP contribution in [0.3, 0.4) is 0 Å². The zero-order chi connectivity index (χ0) is 25.2. The van der Waals surface area contributed by atoms with E-state index < -0.39 is 21.6 Å². The van der Waals surface area contributed by atoms with Gasteiger partial charge in [-0.3, -0.25) is 9.79 Å². The Morgan fingerprint density at radius 2 is 1.64 bits per heavy atom. The lowest BCUT2D eigenvalue weighted by Crippen LogP contribution is -2.20. The lowest BCUT2D eigenvalue weighted by molar-refractivity contribution is 0.0526.